The molecular weight excluding hydrogens is 491 g/mol. The second-order valence-electron chi connectivity index (χ2n) is 7.80. The molecule has 3 aromatic rings. The molecule has 4 nitrogen and oxygen atoms in total. The highest BCUT2D eigenvalue weighted by Gasteiger charge is 2.32. The van der Waals surface area contributed by atoms with Crippen LogP contribution >= 0.6 is 35.1 Å². The lowest BCUT2D eigenvalue weighted by Gasteiger charge is -2.24. The number of carbonyl (C=O) groups excluding carboxylic acids is 2. The van der Waals surface area contributed by atoms with Crippen molar-refractivity contribution in [3.05, 3.63) is 106 Å². The molecule has 2 amide bonds. The average molecular weight is 515 g/mol. The first-order valence-corrected chi connectivity index (χ1v) is 13.4. The number of amides is 2. The quantitative estimate of drug-likeness (QED) is 0.360. The summed E-state index contributed by atoms with van der Waals surface area (Å²) < 4.78 is 13.8. The van der Waals surface area contributed by atoms with Gasteiger partial charge in [-0.3, -0.25) is 9.59 Å². The highest BCUT2D eigenvalue weighted by atomic mass is 35.5. The molecule has 0 bridgehead atoms. The van der Waals surface area contributed by atoms with Gasteiger partial charge in [-0.1, -0.05) is 60.1 Å². The number of benzene rings is 3. The predicted octanol–water partition coefficient (Wildman–Crippen LogP) is 5.92. The van der Waals surface area contributed by atoms with Gasteiger partial charge in [-0.25, -0.2) is 4.39 Å². The maximum Gasteiger partial charge on any atom is 0.251 e. The summed E-state index contributed by atoms with van der Waals surface area (Å²) in [6, 6.07) is 22.0. The molecule has 1 atom stereocenters. The van der Waals surface area contributed by atoms with E-state index in [2.05, 4.69) is 5.32 Å². The van der Waals surface area contributed by atoms with Crippen molar-refractivity contribution in [2.75, 3.05) is 18.1 Å². The van der Waals surface area contributed by atoms with E-state index >= 15 is 0 Å². The molecule has 1 N–H and O–H groups in total. The maximum absolute atomic E-state index is 13.8. The van der Waals surface area contributed by atoms with E-state index in [9.17, 15) is 14.0 Å². The van der Waals surface area contributed by atoms with Gasteiger partial charge in [0.1, 0.15) is 11.2 Å². The van der Waals surface area contributed by atoms with Crippen LogP contribution in [0, 0.1) is 5.82 Å². The molecule has 0 saturated carbocycles. The van der Waals surface area contributed by atoms with Crippen LogP contribution < -0.4 is 5.32 Å². The molecule has 1 aliphatic rings. The van der Waals surface area contributed by atoms with E-state index in [4.69, 9.17) is 11.6 Å². The van der Waals surface area contributed by atoms with Crippen molar-refractivity contribution >= 4 is 46.9 Å². The minimum Gasteiger partial charge on any atom is -0.351 e. The van der Waals surface area contributed by atoms with Crippen LogP contribution in [0.4, 0.5) is 4.39 Å². The van der Waals surface area contributed by atoms with Gasteiger partial charge in [0.2, 0.25) is 5.91 Å². The molecule has 1 fully saturated rings. The van der Waals surface area contributed by atoms with Crippen molar-refractivity contribution in [2.45, 2.75) is 17.7 Å². The van der Waals surface area contributed by atoms with Gasteiger partial charge >= 0.3 is 0 Å². The number of halogens is 2. The highest BCUT2D eigenvalue weighted by Crippen LogP contribution is 2.39. The first kappa shape index (κ1) is 24.6. The van der Waals surface area contributed by atoms with E-state index in [0.717, 1.165) is 11.1 Å². The highest BCUT2D eigenvalue weighted by molar-refractivity contribution is 8.00. The Kier molecular flexibility index (Phi) is 8.53. The topological polar surface area (TPSA) is 49.4 Å². The molecule has 0 radical (unpaired) electrons. The molecule has 0 spiro atoms. The lowest BCUT2D eigenvalue weighted by Crippen LogP contribution is -2.28. The third-order valence-corrected chi connectivity index (χ3v) is 8.06. The van der Waals surface area contributed by atoms with E-state index < -0.39 is 0 Å². The van der Waals surface area contributed by atoms with E-state index in [1.807, 2.05) is 47.4 Å². The van der Waals surface area contributed by atoms with Gasteiger partial charge in [0.05, 0.1) is 5.75 Å². The Morgan fingerprint density at radius 2 is 1.85 bits per heavy atom. The number of rotatable bonds is 9. The SMILES string of the molecule is O=C(NCCSCc1c(F)cccc1Cl)c1ccc(C2SCC(=O)N2Cc2ccccc2)cc1. The van der Waals surface area contributed by atoms with Gasteiger partial charge in [0.15, 0.2) is 0 Å². The van der Waals surface area contributed by atoms with E-state index in [1.165, 1.54) is 17.8 Å². The fourth-order valence-corrected chi connectivity index (χ4v) is 6.05. The van der Waals surface area contributed by atoms with E-state index in [-0.39, 0.29) is 23.0 Å². The Morgan fingerprint density at radius 3 is 2.59 bits per heavy atom. The zero-order valence-electron chi connectivity index (χ0n) is 18.4. The fraction of sp³-hybridized carbons (Fsp3) is 0.231. The predicted molar refractivity (Wildman–Crippen MR) is 139 cm³/mol. The fourth-order valence-electron chi connectivity index (χ4n) is 3.66. The summed E-state index contributed by atoms with van der Waals surface area (Å²) in [6.45, 7) is 1.03. The van der Waals surface area contributed by atoms with Crippen LogP contribution in [-0.2, 0) is 17.1 Å². The normalized spacial score (nSPS) is 15.5. The van der Waals surface area contributed by atoms with Crippen molar-refractivity contribution in [1.29, 1.82) is 0 Å². The minimum atomic E-state index is -0.311. The Balaban J connectivity index is 1.28. The molecule has 8 heteroatoms. The van der Waals surface area contributed by atoms with Crippen LogP contribution in [0.3, 0.4) is 0 Å². The summed E-state index contributed by atoms with van der Waals surface area (Å²) in [4.78, 5) is 26.8. The number of thioether (sulfide) groups is 2. The van der Waals surface area contributed by atoms with Crippen LogP contribution in [0.2, 0.25) is 5.02 Å². The third-order valence-electron chi connectivity index (χ3n) is 5.46. The molecule has 1 saturated heterocycles. The van der Waals surface area contributed by atoms with Gasteiger partial charge in [0, 0.05) is 40.7 Å². The molecule has 0 aromatic heterocycles. The first-order valence-electron chi connectivity index (χ1n) is 10.9. The Labute approximate surface area is 212 Å². The molecule has 1 aliphatic heterocycles. The number of nitrogens with one attached hydrogen (secondary N) is 1. The summed E-state index contributed by atoms with van der Waals surface area (Å²) in [7, 11) is 0. The van der Waals surface area contributed by atoms with Crippen LogP contribution in [0.25, 0.3) is 0 Å². The van der Waals surface area contributed by atoms with Crippen LogP contribution in [0.1, 0.15) is 32.4 Å². The number of nitrogens with zero attached hydrogens (tertiary/aromatic N) is 1. The zero-order valence-corrected chi connectivity index (χ0v) is 20.8. The smallest absolute Gasteiger partial charge is 0.251 e. The lowest BCUT2D eigenvalue weighted by atomic mass is 10.1. The monoisotopic (exact) mass is 514 g/mol. The summed E-state index contributed by atoms with van der Waals surface area (Å²) in [5.41, 5.74) is 3.14. The Bertz CT molecular complexity index is 1130. The minimum absolute atomic E-state index is 0.0635. The Morgan fingerprint density at radius 1 is 1.09 bits per heavy atom. The van der Waals surface area contributed by atoms with Crippen molar-refractivity contribution < 1.29 is 14.0 Å². The number of carbonyl (C=O) groups is 2. The van der Waals surface area contributed by atoms with Crippen LogP contribution in [-0.4, -0.2) is 34.8 Å². The van der Waals surface area contributed by atoms with Gasteiger partial charge in [-0.05, 0) is 35.4 Å². The lowest BCUT2D eigenvalue weighted by molar-refractivity contribution is -0.128. The third kappa shape index (κ3) is 6.14. The van der Waals surface area contributed by atoms with Crippen LogP contribution in [0.15, 0.2) is 72.8 Å². The first-order chi connectivity index (χ1) is 16.5. The van der Waals surface area contributed by atoms with Crippen molar-refractivity contribution in [2.24, 2.45) is 0 Å². The average Bonchev–Trinajstić information content (AvgIpc) is 3.21. The number of hydrogen-bond acceptors (Lipinski definition) is 4. The summed E-state index contributed by atoms with van der Waals surface area (Å²) in [5, 5.41) is 3.25. The number of hydrogen-bond donors (Lipinski definition) is 1. The molecule has 34 heavy (non-hydrogen) atoms. The maximum atomic E-state index is 13.8. The Hall–Kier alpha value is -2.48. The molecule has 4 rings (SSSR count). The van der Waals surface area contributed by atoms with Gasteiger partial charge in [0.25, 0.3) is 5.91 Å². The van der Waals surface area contributed by atoms with Crippen LogP contribution in [0.5, 0.6) is 0 Å². The zero-order chi connectivity index (χ0) is 23.9. The van der Waals surface area contributed by atoms with Crippen molar-refractivity contribution in [3.63, 3.8) is 0 Å². The molecule has 1 unspecified atom stereocenters. The summed E-state index contributed by atoms with van der Waals surface area (Å²) in [5.74, 6) is 1.20. The molecule has 1 heterocycles. The second-order valence-corrected chi connectivity index (χ2v) is 10.4. The second kappa shape index (κ2) is 11.8. The van der Waals surface area contributed by atoms with Crippen molar-refractivity contribution in [1.82, 2.24) is 10.2 Å². The summed E-state index contributed by atoms with van der Waals surface area (Å²) in [6.07, 6.45) is 0. The summed E-state index contributed by atoms with van der Waals surface area (Å²) >= 11 is 9.16. The van der Waals surface area contributed by atoms with Gasteiger partial charge < -0.3 is 10.2 Å². The molecule has 3 aromatic carbocycles. The van der Waals surface area contributed by atoms with Crippen molar-refractivity contribution in [3.8, 4) is 0 Å². The molecule has 176 valence electrons. The largest absolute Gasteiger partial charge is 0.351 e. The van der Waals surface area contributed by atoms with Gasteiger partial charge in [-0.2, -0.15) is 11.8 Å². The van der Waals surface area contributed by atoms with E-state index in [0.29, 0.717) is 46.5 Å². The molecule has 0 aliphatic carbocycles. The van der Waals surface area contributed by atoms with E-state index in [1.54, 1.807) is 36.0 Å². The molecular formula is C26H24ClFN2O2S2. The van der Waals surface area contributed by atoms with Gasteiger partial charge in [-0.15, -0.1) is 11.8 Å². The standard InChI is InChI=1S/C26H24ClFN2O2S2/c27-22-7-4-8-23(28)21(22)16-33-14-13-29-25(32)19-9-11-20(12-10-19)26-30(24(31)17-34-26)15-18-5-2-1-3-6-18/h1-12,26H,13-17H2,(H,29,32).